The maximum absolute atomic E-state index is 12.5. The summed E-state index contributed by atoms with van der Waals surface area (Å²) >= 11 is 0. The van der Waals surface area contributed by atoms with Crippen molar-refractivity contribution < 1.29 is 15.0 Å². The summed E-state index contributed by atoms with van der Waals surface area (Å²) in [5.74, 6) is -0.0834. The fourth-order valence-corrected chi connectivity index (χ4v) is 8.85. The molecule has 3 N–H and O–H groups in total. The number of allylic oxidation sites excluding steroid dienone is 13. The molecule has 4 nitrogen and oxygen atoms in total. The molecule has 2 unspecified atom stereocenters. The molecule has 2 atom stereocenters. The second kappa shape index (κ2) is 58.9. The average molecular weight is 947 g/mol. The molecule has 0 rings (SSSR count). The number of aliphatic hydroxyl groups excluding tert-OH is 2. The van der Waals surface area contributed by atoms with Gasteiger partial charge >= 0.3 is 0 Å². The Kier molecular flexibility index (Phi) is 56.8. The minimum atomic E-state index is -0.878. The van der Waals surface area contributed by atoms with Crippen molar-refractivity contribution in [1.29, 1.82) is 0 Å². The van der Waals surface area contributed by atoms with E-state index in [4.69, 9.17) is 0 Å². The van der Waals surface area contributed by atoms with Crippen LogP contribution in [-0.2, 0) is 4.79 Å². The summed E-state index contributed by atoms with van der Waals surface area (Å²) < 4.78 is 0. The summed E-state index contributed by atoms with van der Waals surface area (Å²) in [6.07, 6.45) is 86.2. The Hall–Kier alpha value is -2.43. The molecule has 0 saturated carbocycles. The third-order valence-corrected chi connectivity index (χ3v) is 13.3. The fourth-order valence-electron chi connectivity index (χ4n) is 8.85. The van der Waals surface area contributed by atoms with Crippen LogP contribution in [-0.4, -0.2) is 34.9 Å². The number of carbonyl (C=O) groups is 1. The molecule has 0 aromatic rings. The predicted octanol–water partition coefficient (Wildman–Crippen LogP) is 19.9. The van der Waals surface area contributed by atoms with Crippen molar-refractivity contribution >= 4 is 5.91 Å². The zero-order chi connectivity index (χ0) is 49.2. The van der Waals surface area contributed by atoms with Gasteiger partial charge in [0, 0.05) is 6.42 Å². The van der Waals surface area contributed by atoms with E-state index in [0.29, 0.717) is 6.42 Å². The summed E-state index contributed by atoms with van der Waals surface area (Å²) in [7, 11) is 0. The summed E-state index contributed by atoms with van der Waals surface area (Å²) in [4.78, 5) is 12.5. The van der Waals surface area contributed by atoms with Crippen LogP contribution in [0.4, 0.5) is 0 Å². The van der Waals surface area contributed by atoms with E-state index in [-0.39, 0.29) is 12.5 Å². The smallest absolute Gasteiger partial charge is 0.220 e. The topological polar surface area (TPSA) is 69.6 Å². The van der Waals surface area contributed by atoms with E-state index >= 15 is 0 Å². The van der Waals surface area contributed by atoms with Crippen LogP contribution in [0.15, 0.2) is 85.1 Å². The van der Waals surface area contributed by atoms with Gasteiger partial charge in [-0.1, -0.05) is 292 Å². The molecule has 0 aliphatic carbocycles. The van der Waals surface area contributed by atoms with Crippen molar-refractivity contribution in [3.05, 3.63) is 85.1 Å². The van der Waals surface area contributed by atoms with E-state index in [0.717, 1.165) is 64.2 Å². The normalized spacial score (nSPS) is 13.4. The van der Waals surface area contributed by atoms with Crippen LogP contribution in [0, 0.1) is 0 Å². The molecule has 1 amide bonds. The monoisotopic (exact) mass is 946 g/mol. The van der Waals surface area contributed by atoms with Crippen LogP contribution in [0.5, 0.6) is 0 Å². The standard InChI is InChI=1S/C64H115NO3/c1-3-5-7-9-11-13-15-17-19-21-23-25-27-28-29-30-31-32-33-34-35-36-38-39-41-43-45-47-49-51-53-55-57-59-63(67)62(61-66)65-64(68)60-58-56-54-52-50-48-46-44-42-40-37-26-24-22-20-18-16-14-12-10-8-6-4-2/h6,8,12,14,18,20,24,26,41,43,49,51,57,59,62-63,66-67H,3-5,7,9-11,13,15-17,19,21-23,25,27-40,42,44-48,50,52-56,58,60-61H2,1-2H3,(H,65,68)/b8-6-,14-12-,20-18-,26-24-,43-41+,51-49+,59-57+. The van der Waals surface area contributed by atoms with Gasteiger partial charge in [-0.3, -0.25) is 4.79 Å². The third-order valence-electron chi connectivity index (χ3n) is 13.3. The highest BCUT2D eigenvalue weighted by Gasteiger charge is 2.18. The number of hydrogen-bond acceptors (Lipinski definition) is 3. The third kappa shape index (κ3) is 54.5. The van der Waals surface area contributed by atoms with Crippen molar-refractivity contribution in [2.75, 3.05) is 6.61 Å². The zero-order valence-electron chi connectivity index (χ0n) is 45.4. The highest BCUT2D eigenvalue weighted by Crippen LogP contribution is 2.17. The first-order valence-corrected chi connectivity index (χ1v) is 29.8. The molecule has 68 heavy (non-hydrogen) atoms. The van der Waals surface area contributed by atoms with Gasteiger partial charge in [-0.05, 0) is 83.5 Å². The largest absolute Gasteiger partial charge is 0.394 e. The minimum Gasteiger partial charge on any atom is -0.394 e. The van der Waals surface area contributed by atoms with Crippen LogP contribution in [0.3, 0.4) is 0 Å². The zero-order valence-corrected chi connectivity index (χ0v) is 45.4. The lowest BCUT2D eigenvalue weighted by Crippen LogP contribution is -2.45. The van der Waals surface area contributed by atoms with Gasteiger partial charge in [0.15, 0.2) is 0 Å². The lowest BCUT2D eigenvalue weighted by Gasteiger charge is -2.19. The molecule has 4 heteroatoms. The number of nitrogens with one attached hydrogen (secondary N) is 1. The Labute approximate surface area is 424 Å². The number of hydrogen-bond donors (Lipinski definition) is 3. The highest BCUT2D eigenvalue weighted by atomic mass is 16.3. The molecule has 0 saturated heterocycles. The van der Waals surface area contributed by atoms with Gasteiger partial charge in [-0.15, -0.1) is 0 Å². The van der Waals surface area contributed by atoms with Crippen LogP contribution in [0.2, 0.25) is 0 Å². The molecule has 0 aliphatic heterocycles. The number of carbonyl (C=O) groups excluding carboxylic acids is 1. The first-order valence-electron chi connectivity index (χ1n) is 29.8. The summed E-state index contributed by atoms with van der Waals surface area (Å²) in [5, 5.41) is 23.2. The van der Waals surface area contributed by atoms with Gasteiger partial charge in [-0.2, -0.15) is 0 Å². The molecule has 0 bridgehead atoms. The van der Waals surface area contributed by atoms with Crippen LogP contribution >= 0.6 is 0 Å². The van der Waals surface area contributed by atoms with Crippen molar-refractivity contribution in [2.24, 2.45) is 0 Å². The lowest BCUT2D eigenvalue weighted by atomic mass is 10.0. The summed E-state index contributed by atoms with van der Waals surface area (Å²) in [5.41, 5.74) is 0. The van der Waals surface area contributed by atoms with Gasteiger partial charge in [0.05, 0.1) is 18.8 Å². The Balaban J connectivity index is 3.55. The lowest BCUT2D eigenvalue weighted by molar-refractivity contribution is -0.123. The second-order valence-electron chi connectivity index (χ2n) is 20.0. The van der Waals surface area contributed by atoms with Crippen LogP contribution in [0.25, 0.3) is 0 Å². The number of rotatable bonds is 54. The Morgan fingerprint density at radius 3 is 1.03 bits per heavy atom. The number of unbranched alkanes of at least 4 members (excludes halogenated alkanes) is 35. The number of aliphatic hydroxyl groups is 2. The summed E-state index contributed by atoms with van der Waals surface area (Å²) in [6.45, 7) is 4.20. The molecule has 0 aliphatic rings. The minimum absolute atomic E-state index is 0.0834. The van der Waals surface area contributed by atoms with Gasteiger partial charge < -0.3 is 15.5 Å². The molecular weight excluding hydrogens is 831 g/mol. The second-order valence-corrected chi connectivity index (χ2v) is 20.0. The van der Waals surface area contributed by atoms with Crippen LogP contribution < -0.4 is 5.32 Å². The SMILES string of the molecule is CC/C=C\C/C=C\C/C=C\C/C=C\CCCCCCCCCCCCC(=O)NC(CO)C(O)/C=C/CC/C=C/CC/C=C/CCCCCCCCCCCCCCCCCCCCCCCCC. The Bertz CT molecular complexity index is 1210. The Morgan fingerprint density at radius 2 is 0.662 bits per heavy atom. The maximum Gasteiger partial charge on any atom is 0.220 e. The van der Waals surface area contributed by atoms with Crippen molar-refractivity contribution in [1.82, 2.24) is 5.32 Å². The van der Waals surface area contributed by atoms with Gasteiger partial charge in [0.2, 0.25) is 5.91 Å². The quantitative estimate of drug-likeness (QED) is 0.0420. The molecule has 394 valence electrons. The van der Waals surface area contributed by atoms with E-state index in [1.807, 2.05) is 6.08 Å². The van der Waals surface area contributed by atoms with Gasteiger partial charge in [0.1, 0.15) is 0 Å². The predicted molar refractivity (Wildman–Crippen MR) is 303 cm³/mol. The summed E-state index contributed by atoms with van der Waals surface area (Å²) in [6, 6.07) is -0.654. The van der Waals surface area contributed by atoms with Gasteiger partial charge in [-0.25, -0.2) is 0 Å². The van der Waals surface area contributed by atoms with Crippen molar-refractivity contribution in [3.63, 3.8) is 0 Å². The first-order chi connectivity index (χ1) is 33.7. The maximum atomic E-state index is 12.5. The van der Waals surface area contributed by atoms with E-state index in [1.165, 1.54) is 212 Å². The first kappa shape index (κ1) is 65.6. The average Bonchev–Trinajstić information content (AvgIpc) is 3.34. The fraction of sp³-hybridized carbons (Fsp3) is 0.766. The highest BCUT2D eigenvalue weighted by molar-refractivity contribution is 5.76. The van der Waals surface area contributed by atoms with Gasteiger partial charge in [0.25, 0.3) is 0 Å². The van der Waals surface area contributed by atoms with E-state index in [1.54, 1.807) is 6.08 Å². The van der Waals surface area contributed by atoms with Crippen LogP contribution in [0.1, 0.15) is 296 Å². The molecule has 0 fully saturated rings. The molecule has 0 radical (unpaired) electrons. The van der Waals surface area contributed by atoms with Crippen molar-refractivity contribution in [2.45, 2.75) is 309 Å². The molecule has 0 aromatic heterocycles. The molecule has 0 aromatic carbocycles. The Morgan fingerprint density at radius 1 is 0.368 bits per heavy atom. The number of amides is 1. The van der Waals surface area contributed by atoms with E-state index in [9.17, 15) is 15.0 Å². The van der Waals surface area contributed by atoms with E-state index < -0.39 is 12.1 Å². The molecule has 0 spiro atoms. The van der Waals surface area contributed by atoms with E-state index in [2.05, 4.69) is 92.1 Å². The molecule has 0 heterocycles. The molecular formula is C64H115NO3. The van der Waals surface area contributed by atoms with Crippen molar-refractivity contribution in [3.8, 4) is 0 Å².